The molecule has 0 radical (unpaired) electrons. The van der Waals surface area contributed by atoms with Crippen molar-refractivity contribution >= 4 is 15.0 Å². The van der Waals surface area contributed by atoms with E-state index in [0.29, 0.717) is 25.7 Å². The third-order valence-corrected chi connectivity index (χ3v) is 5.16. The second-order valence-electron chi connectivity index (χ2n) is 4.09. The van der Waals surface area contributed by atoms with Gasteiger partial charge in [0.25, 0.3) is 0 Å². The molecule has 0 aromatic carbocycles. The Morgan fingerprint density at radius 3 is 2.14 bits per heavy atom. The van der Waals surface area contributed by atoms with Gasteiger partial charge in [0.1, 0.15) is 0 Å². The van der Waals surface area contributed by atoms with Gasteiger partial charge in [0, 0.05) is 5.92 Å². The van der Waals surface area contributed by atoms with Crippen molar-refractivity contribution in [1.29, 1.82) is 0 Å². The van der Waals surface area contributed by atoms with Gasteiger partial charge in [-0.1, -0.05) is 0 Å². The molecule has 1 saturated carbocycles. The quantitative estimate of drug-likeness (QED) is 0.712. The van der Waals surface area contributed by atoms with Crippen LogP contribution in [0.25, 0.3) is 0 Å². The molecule has 0 aromatic rings. The fourth-order valence-electron chi connectivity index (χ4n) is 1.83. The van der Waals surface area contributed by atoms with Crippen molar-refractivity contribution in [3.05, 3.63) is 0 Å². The topological polar surface area (TPSA) is 63.2 Å². The van der Waals surface area contributed by atoms with Crippen LogP contribution in [0.5, 0.6) is 0 Å². The molecule has 2 aliphatic rings. The van der Waals surface area contributed by atoms with Gasteiger partial charge in [-0.05, 0) is 38.8 Å². The molecule has 1 saturated heterocycles. The molecule has 2 fully saturated rings. The van der Waals surface area contributed by atoms with Crippen LogP contribution in [0.4, 0.5) is 0 Å². The van der Waals surface area contributed by atoms with E-state index in [2.05, 4.69) is 5.32 Å². The van der Waals surface area contributed by atoms with Crippen LogP contribution >= 0.6 is 0 Å². The fraction of sp³-hybridized carbons (Fsp3) is 0.889. The molecule has 2 rings (SSSR count). The van der Waals surface area contributed by atoms with Gasteiger partial charge in [-0.15, -0.1) is 0 Å². The number of carbonyl (C=O) groups is 1. The van der Waals surface area contributed by atoms with Crippen molar-refractivity contribution in [1.82, 2.24) is 5.32 Å². The van der Waals surface area contributed by atoms with Gasteiger partial charge >= 0.3 is 0 Å². The standard InChI is InChI=1S/C9H15NO3S/c11-9(7-3-5-10-6-4-7)14(12,13)8-1-2-8/h7-8,10H,1-6H2. The fourth-order valence-corrected chi connectivity index (χ4v) is 3.62. The van der Waals surface area contributed by atoms with Gasteiger partial charge in [0.05, 0.1) is 5.25 Å². The molecule has 0 bridgehead atoms. The van der Waals surface area contributed by atoms with Gasteiger partial charge in [0.15, 0.2) is 0 Å². The van der Waals surface area contributed by atoms with E-state index in [9.17, 15) is 13.2 Å². The van der Waals surface area contributed by atoms with Crippen LogP contribution in [0.15, 0.2) is 0 Å². The van der Waals surface area contributed by atoms with Gasteiger partial charge in [-0.3, -0.25) is 4.79 Å². The molecule has 1 aliphatic carbocycles. The van der Waals surface area contributed by atoms with Gasteiger partial charge < -0.3 is 5.32 Å². The third-order valence-electron chi connectivity index (χ3n) is 2.92. The van der Waals surface area contributed by atoms with Crippen molar-refractivity contribution < 1.29 is 13.2 Å². The second-order valence-corrected chi connectivity index (χ2v) is 6.25. The summed E-state index contributed by atoms with van der Waals surface area (Å²) in [6.45, 7) is 1.52. The van der Waals surface area contributed by atoms with Crippen LogP contribution < -0.4 is 5.32 Å². The molecule has 1 N–H and O–H groups in total. The molecule has 4 nitrogen and oxygen atoms in total. The zero-order chi connectivity index (χ0) is 10.2. The molecule has 0 unspecified atom stereocenters. The number of nitrogens with one attached hydrogen (secondary N) is 1. The molecule has 80 valence electrons. The van der Waals surface area contributed by atoms with E-state index in [0.717, 1.165) is 13.1 Å². The van der Waals surface area contributed by atoms with Crippen LogP contribution in [-0.4, -0.2) is 31.9 Å². The average molecular weight is 217 g/mol. The number of piperidine rings is 1. The lowest BCUT2D eigenvalue weighted by Gasteiger charge is -2.20. The second kappa shape index (κ2) is 3.62. The minimum Gasteiger partial charge on any atom is -0.317 e. The molecule has 1 aliphatic heterocycles. The highest BCUT2D eigenvalue weighted by molar-refractivity contribution is 8.06. The summed E-state index contributed by atoms with van der Waals surface area (Å²) in [5.41, 5.74) is 0. The third kappa shape index (κ3) is 1.83. The van der Waals surface area contributed by atoms with Crippen LogP contribution in [-0.2, 0) is 14.6 Å². The Bertz CT molecular complexity index is 326. The number of hydrogen-bond acceptors (Lipinski definition) is 4. The maximum Gasteiger partial charge on any atom is 0.249 e. The van der Waals surface area contributed by atoms with Crippen molar-refractivity contribution in [2.45, 2.75) is 30.9 Å². The van der Waals surface area contributed by atoms with E-state index in [1.807, 2.05) is 0 Å². The lowest BCUT2D eigenvalue weighted by atomic mass is 10.0. The van der Waals surface area contributed by atoms with Crippen LogP contribution in [0.2, 0.25) is 0 Å². The predicted molar refractivity (Wildman–Crippen MR) is 52.5 cm³/mol. The minimum absolute atomic E-state index is 0.248. The number of carbonyl (C=O) groups excluding carboxylic acids is 1. The normalized spacial score (nSPS) is 24.9. The van der Waals surface area contributed by atoms with Crippen molar-refractivity contribution in [3.8, 4) is 0 Å². The summed E-state index contributed by atoms with van der Waals surface area (Å²) in [4.78, 5) is 11.7. The summed E-state index contributed by atoms with van der Waals surface area (Å²) in [6.07, 6.45) is 2.70. The predicted octanol–water partition coefficient (Wildman–Crippen LogP) is 0.0898. The van der Waals surface area contributed by atoms with E-state index in [1.165, 1.54) is 0 Å². The van der Waals surface area contributed by atoms with Crippen molar-refractivity contribution in [2.75, 3.05) is 13.1 Å². The van der Waals surface area contributed by atoms with E-state index in [4.69, 9.17) is 0 Å². The largest absolute Gasteiger partial charge is 0.317 e. The van der Waals surface area contributed by atoms with Crippen LogP contribution in [0.3, 0.4) is 0 Å². The number of rotatable bonds is 2. The lowest BCUT2D eigenvalue weighted by molar-refractivity contribution is -0.115. The smallest absolute Gasteiger partial charge is 0.249 e. The lowest BCUT2D eigenvalue weighted by Crippen LogP contribution is -2.36. The van der Waals surface area contributed by atoms with E-state index in [1.54, 1.807) is 0 Å². The Morgan fingerprint density at radius 1 is 1.07 bits per heavy atom. The Kier molecular flexibility index (Phi) is 2.62. The van der Waals surface area contributed by atoms with Gasteiger partial charge in [-0.25, -0.2) is 8.42 Å². The summed E-state index contributed by atoms with van der Waals surface area (Å²) in [6, 6.07) is 0. The van der Waals surface area contributed by atoms with E-state index in [-0.39, 0.29) is 11.2 Å². The highest BCUT2D eigenvalue weighted by atomic mass is 32.2. The summed E-state index contributed by atoms with van der Waals surface area (Å²) < 4.78 is 23.2. The average Bonchev–Trinajstić information content (AvgIpc) is 3.01. The SMILES string of the molecule is O=C(C1CCNCC1)S(=O)(=O)C1CC1. The van der Waals surface area contributed by atoms with Gasteiger partial charge in [-0.2, -0.15) is 0 Å². The first-order valence-corrected chi connectivity index (χ1v) is 6.65. The Balaban J connectivity index is 2.06. The maximum atomic E-state index is 11.7. The van der Waals surface area contributed by atoms with E-state index >= 15 is 0 Å². The van der Waals surface area contributed by atoms with Crippen LogP contribution in [0.1, 0.15) is 25.7 Å². The Hall–Kier alpha value is -0.420. The molecule has 0 amide bonds. The molecule has 1 heterocycles. The molecular weight excluding hydrogens is 202 g/mol. The molecule has 14 heavy (non-hydrogen) atoms. The summed E-state index contributed by atoms with van der Waals surface area (Å²) in [5, 5.41) is 2.28. The summed E-state index contributed by atoms with van der Waals surface area (Å²) >= 11 is 0. The Labute approximate surface area is 84.0 Å². The van der Waals surface area contributed by atoms with Crippen molar-refractivity contribution in [3.63, 3.8) is 0 Å². The molecule has 0 spiro atoms. The van der Waals surface area contributed by atoms with Gasteiger partial charge in [0.2, 0.25) is 15.0 Å². The highest BCUT2D eigenvalue weighted by Crippen LogP contribution is 2.32. The highest BCUT2D eigenvalue weighted by Gasteiger charge is 2.43. The Morgan fingerprint density at radius 2 is 1.64 bits per heavy atom. The van der Waals surface area contributed by atoms with E-state index < -0.39 is 15.0 Å². The zero-order valence-corrected chi connectivity index (χ0v) is 8.85. The number of hydrogen-bond donors (Lipinski definition) is 1. The zero-order valence-electron chi connectivity index (χ0n) is 8.03. The summed E-state index contributed by atoms with van der Waals surface area (Å²) in [5.74, 6) is -0.248. The van der Waals surface area contributed by atoms with Crippen molar-refractivity contribution in [2.24, 2.45) is 5.92 Å². The first-order valence-electron chi connectivity index (χ1n) is 5.11. The minimum atomic E-state index is -3.43. The molecule has 0 atom stereocenters. The molecule has 5 heteroatoms. The number of sulfone groups is 1. The first-order chi connectivity index (χ1) is 6.62. The first kappa shape index (κ1) is 10.1. The molecule has 0 aromatic heterocycles. The maximum absolute atomic E-state index is 11.7. The van der Waals surface area contributed by atoms with Crippen LogP contribution in [0, 0.1) is 5.92 Å². The summed E-state index contributed by atoms with van der Waals surface area (Å²) in [7, 11) is -3.43. The molecular formula is C9H15NO3S. The monoisotopic (exact) mass is 217 g/mol.